The van der Waals surface area contributed by atoms with Gasteiger partial charge in [0, 0.05) is 50.2 Å². The third-order valence-corrected chi connectivity index (χ3v) is 6.64. The molecule has 0 N–H and O–H groups in total. The number of hydrogen-bond acceptors (Lipinski definition) is 6. The van der Waals surface area contributed by atoms with Gasteiger partial charge in [0.05, 0.1) is 22.9 Å². The van der Waals surface area contributed by atoms with E-state index in [2.05, 4.69) is 38.4 Å². The number of piperidine rings is 1. The van der Waals surface area contributed by atoms with Gasteiger partial charge in [-0.2, -0.15) is 10.4 Å². The first-order valence-corrected chi connectivity index (χ1v) is 11.3. The summed E-state index contributed by atoms with van der Waals surface area (Å²) in [4.78, 5) is 17.1. The molecule has 1 aliphatic rings. The molecule has 178 valence electrons. The second-order valence-corrected chi connectivity index (χ2v) is 8.55. The Morgan fingerprint density at radius 3 is 2.40 bits per heavy atom. The summed E-state index contributed by atoms with van der Waals surface area (Å²) in [5.74, 6) is 0.755. The summed E-state index contributed by atoms with van der Waals surface area (Å²) in [6.45, 7) is 1.54. The lowest BCUT2D eigenvalue weighted by Crippen LogP contribution is -2.46. The minimum atomic E-state index is -0.110. The number of halogens is 1. The van der Waals surface area contributed by atoms with Crippen molar-refractivity contribution in [3.8, 4) is 17.5 Å². The molecule has 2 aromatic heterocycles. The predicted octanol–water partition coefficient (Wildman–Crippen LogP) is 4.06. The maximum atomic E-state index is 13.1. The molecule has 0 bridgehead atoms. The molecule has 0 spiro atoms. The van der Waals surface area contributed by atoms with Crippen molar-refractivity contribution in [3.63, 3.8) is 0 Å². The fraction of sp³-hybridized carbons (Fsp3) is 0.269. The second kappa shape index (κ2) is 10.1. The van der Waals surface area contributed by atoms with Crippen LogP contribution in [0.15, 0.2) is 60.8 Å². The van der Waals surface area contributed by atoms with Gasteiger partial charge < -0.3 is 9.80 Å². The van der Waals surface area contributed by atoms with Crippen LogP contribution in [0, 0.1) is 11.3 Å². The van der Waals surface area contributed by atoms with E-state index in [1.807, 2.05) is 32.3 Å². The van der Waals surface area contributed by atoms with Crippen molar-refractivity contribution in [2.75, 3.05) is 25.0 Å². The van der Waals surface area contributed by atoms with E-state index in [-0.39, 0.29) is 24.4 Å². The summed E-state index contributed by atoms with van der Waals surface area (Å²) in [7, 11) is 3.73. The molecule has 0 unspecified atom stereocenters. The normalized spacial score (nSPS) is 13.8. The van der Waals surface area contributed by atoms with E-state index in [9.17, 15) is 10.1 Å². The first-order valence-electron chi connectivity index (χ1n) is 11.3. The Kier molecular flexibility index (Phi) is 6.99. The molecule has 4 aromatic rings. The van der Waals surface area contributed by atoms with Gasteiger partial charge in [-0.3, -0.25) is 9.48 Å². The second-order valence-electron chi connectivity index (χ2n) is 8.55. The number of nitriles is 1. The number of aromatic nitrogens is 4. The van der Waals surface area contributed by atoms with Crippen LogP contribution in [0.2, 0.25) is 0 Å². The highest BCUT2D eigenvalue weighted by atomic mass is 35.5. The van der Waals surface area contributed by atoms with Crippen molar-refractivity contribution >= 4 is 34.9 Å². The molecule has 2 aromatic carbocycles. The van der Waals surface area contributed by atoms with Crippen molar-refractivity contribution in [3.05, 3.63) is 71.9 Å². The average Bonchev–Trinajstić information content (AvgIpc) is 3.32. The quantitative estimate of drug-likeness (QED) is 0.431. The van der Waals surface area contributed by atoms with Crippen LogP contribution in [-0.4, -0.2) is 57.0 Å². The van der Waals surface area contributed by atoms with Crippen molar-refractivity contribution in [2.45, 2.75) is 18.9 Å². The molecule has 1 aliphatic heterocycles. The SMILES string of the molecule is CN(C(=O)c1ccccc1C#N)C1CCN(c2nnc(-c3ccnn3C)c3ccccc23)CC1.Cl. The summed E-state index contributed by atoms with van der Waals surface area (Å²) < 4.78 is 1.80. The summed E-state index contributed by atoms with van der Waals surface area (Å²) in [6.07, 6.45) is 3.39. The Morgan fingerprint density at radius 1 is 1.03 bits per heavy atom. The third-order valence-electron chi connectivity index (χ3n) is 6.64. The largest absolute Gasteiger partial charge is 0.354 e. The average molecular weight is 488 g/mol. The van der Waals surface area contributed by atoms with Gasteiger partial charge in [0.1, 0.15) is 5.69 Å². The smallest absolute Gasteiger partial charge is 0.255 e. The molecule has 0 radical (unpaired) electrons. The number of hydrogen-bond donors (Lipinski definition) is 0. The molecule has 0 atom stereocenters. The molecule has 1 fully saturated rings. The van der Waals surface area contributed by atoms with Crippen LogP contribution in [0.4, 0.5) is 5.82 Å². The van der Waals surface area contributed by atoms with Gasteiger partial charge in [0.25, 0.3) is 5.91 Å². The standard InChI is InChI=1S/C26H25N7O.ClH/c1-31(26(34)20-8-4-3-7-18(20)17-27)19-12-15-33(16-13-19)25-22-10-6-5-9-21(22)24(29-30-25)23-11-14-28-32(23)2;/h3-11,14,19H,12-13,15-16H2,1-2H3;1H. The number of carbonyl (C=O) groups excluding carboxylic acids is 1. The van der Waals surface area contributed by atoms with E-state index >= 15 is 0 Å². The lowest BCUT2D eigenvalue weighted by Gasteiger charge is -2.37. The van der Waals surface area contributed by atoms with Crippen LogP contribution in [0.3, 0.4) is 0 Å². The number of fused-ring (bicyclic) bond motifs is 1. The number of carbonyl (C=O) groups is 1. The van der Waals surface area contributed by atoms with Crippen molar-refractivity contribution < 1.29 is 4.79 Å². The van der Waals surface area contributed by atoms with Gasteiger partial charge in [0.2, 0.25) is 0 Å². The van der Waals surface area contributed by atoms with E-state index in [4.69, 9.17) is 0 Å². The highest BCUT2D eigenvalue weighted by molar-refractivity contribution is 6.00. The van der Waals surface area contributed by atoms with Gasteiger partial charge in [-0.15, -0.1) is 22.6 Å². The van der Waals surface area contributed by atoms with Crippen molar-refractivity contribution in [1.82, 2.24) is 24.9 Å². The Hall–Kier alpha value is -3.96. The van der Waals surface area contributed by atoms with Gasteiger partial charge in [-0.25, -0.2) is 0 Å². The van der Waals surface area contributed by atoms with Crippen LogP contribution in [0.25, 0.3) is 22.2 Å². The summed E-state index contributed by atoms with van der Waals surface area (Å²) in [5, 5.41) is 24.9. The number of anilines is 1. The molecule has 0 aliphatic carbocycles. The molecule has 1 amide bonds. The highest BCUT2D eigenvalue weighted by Crippen LogP contribution is 2.32. The molecule has 8 nitrogen and oxygen atoms in total. The van der Waals surface area contributed by atoms with Crippen LogP contribution < -0.4 is 4.90 Å². The maximum Gasteiger partial charge on any atom is 0.255 e. The Bertz CT molecular complexity index is 1400. The van der Waals surface area contributed by atoms with Gasteiger partial charge in [-0.1, -0.05) is 36.4 Å². The lowest BCUT2D eigenvalue weighted by molar-refractivity contribution is 0.0709. The van der Waals surface area contributed by atoms with E-state index in [0.29, 0.717) is 11.1 Å². The van der Waals surface area contributed by atoms with Crippen LogP contribution in [-0.2, 0) is 7.05 Å². The molecule has 5 rings (SSSR count). The minimum Gasteiger partial charge on any atom is -0.354 e. The number of aryl methyl sites for hydroxylation is 1. The zero-order valence-electron chi connectivity index (χ0n) is 19.6. The first-order chi connectivity index (χ1) is 16.6. The number of amides is 1. The molecule has 0 saturated carbocycles. The van der Waals surface area contributed by atoms with E-state index in [0.717, 1.165) is 53.9 Å². The van der Waals surface area contributed by atoms with Gasteiger partial charge in [0.15, 0.2) is 5.82 Å². The lowest BCUT2D eigenvalue weighted by atomic mass is 10.0. The van der Waals surface area contributed by atoms with Gasteiger partial charge in [-0.05, 0) is 31.0 Å². The first kappa shape index (κ1) is 24.2. The van der Waals surface area contributed by atoms with E-state index < -0.39 is 0 Å². The van der Waals surface area contributed by atoms with E-state index in [1.54, 1.807) is 40.0 Å². The number of rotatable bonds is 4. The fourth-order valence-electron chi connectivity index (χ4n) is 4.71. The molecular weight excluding hydrogens is 462 g/mol. The summed E-state index contributed by atoms with van der Waals surface area (Å²) in [5.41, 5.74) is 2.60. The maximum absolute atomic E-state index is 13.1. The topological polar surface area (TPSA) is 90.9 Å². The zero-order valence-corrected chi connectivity index (χ0v) is 20.4. The number of benzene rings is 2. The Labute approximate surface area is 210 Å². The number of nitrogens with zero attached hydrogens (tertiary/aromatic N) is 7. The predicted molar refractivity (Wildman–Crippen MR) is 137 cm³/mol. The van der Waals surface area contributed by atoms with Crippen molar-refractivity contribution in [2.24, 2.45) is 7.05 Å². The molecule has 3 heterocycles. The third kappa shape index (κ3) is 4.43. The molecular formula is C26H26ClN7O. The van der Waals surface area contributed by atoms with E-state index in [1.165, 1.54) is 0 Å². The summed E-state index contributed by atoms with van der Waals surface area (Å²) >= 11 is 0. The summed E-state index contributed by atoms with van der Waals surface area (Å²) in [6, 6.07) is 19.3. The van der Waals surface area contributed by atoms with Crippen LogP contribution in [0.1, 0.15) is 28.8 Å². The van der Waals surface area contributed by atoms with Crippen molar-refractivity contribution in [1.29, 1.82) is 5.26 Å². The molecule has 9 heteroatoms. The molecule has 1 saturated heterocycles. The van der Waals surface area contributed by atoms with Crippen LogP contribution in [0.5, 0.6) is 0 Å². The Morgan fingerprint density at radius 2 is 1.71 bits per heavy atom. The monoisotopic (exact) mass is 487 g/mol. The fourth-order valence-corrected chi connectivity index (χ4v) is 4.71. The molecule has 35 heavy (non-hydrogen) atoms. The highest BCUT2D eigenvalue weighted by Gasteiger charge is 2.28. The zero-order chi connectivity index (χ0) is 23.7. The Balaban J connectivity index is 0.00000289. The van der Waals surface area contributed by atoms with Crippen LogP contribution >= 0.6 is 12.4 Å². The van der Waals surface area contributed by atoms with Gasteiger partial charge >= 0.3 is 0 Å². The minimum absolute atomic E-state index is 0.